The molecule has 1 saturated carbocycles. The van der Waals surface area contributed by atoms with Gasteiger partial charge in [-0.1, -0.05) is 33.1 Å². The van der Waals surface area contributed by atoms with E-state index in [4.69, 9.17) is 0 Å². The van der Waals surface area contributed by atoms with E-state index in [9.17, 15) is 0 Å². The van der Waals surface area contributed by atoms with Crippen molar-refractivity contribution in [2.45, 2.75) is 58.4 Å². The van der Waals surface area contributed by atoms with E-state index in [0.717, 1.165) is 12.0 Å². The molecule has 100 valence electrons. The maximum atomic E-state index is 3.37. The molecule has 1 unspecified atom stereocenters. The van der Waals surface area contributed by atoms with Crippen LogP contribution < -0.4 is 5.32 Å². The second kappa shape index (κ2) is 5.71. The summed E-state index contributed by atoms with van der Waals surface area (Å²) in [5.41, 5.74) is 0.485. The Bertz CT molecular complexity index is 231. The van der Waals surface area contributed by atoms with Crippen LogP contribution in [0, 0.1) is 11.3 Å². The van der Waals surface area contributed by atoms with Crippen molar-refractivity contribution in [3.05, 3.63) is 0 Å². The zero-order chi connectivity index (χ0) is 12.3. The Morgan fingerprint density at radius 2 is 1.82 bits per heavy atom. The SMILES string of the molecule is CNCC1CCN(C2CCCCC2)CC1(C)C. The lowest BCUT2D eigenvalue weighted by Gasteiger charge is -2.48. The fourth-order valence-corrected chi connectivity index (χ4v) is 3.83. The third kappa shape index (κ3) is 3.23. The van der Waals surface area contributed by atoms with E-state index in [1.807, 2.05) is 0 Å². The molecule has 17 heavy (non-hydrogen) atoms. The van der Waals surface area contributed by atoms with Gasteiger partial charge in [0.1, 0.15) is 0 Å². The molecule has 1 saturated heterocycles. The lowest BCUT2D eigenvalue weighted by molar-refractivity contribution is 0.0182. The van der Waals surface area contributed by atoms with Crippen molar-refractivity contribution in [3.63, 3.8) is 0 Å². The summed E-state index contributed by atoms with van der Waals surface area (Å²) in [7, 11) is 2.09. The number of rotatable bonds is 3. The van der Waals surface area contributed by atoms with Crippen LogP contribution in [0.4, 0.5) is 0 Å². The Hall–Kier alpha value is -0.0800. The van der Waals surface area contributed by atoms with Gasteiger partial charge in [0, 0.05) is 12.6 Å². The molecule has 0 amide bonds. The molecule has 0 spiro atoms. The van der Waals surface area contributed by atoms with Crippen molar-refractivity contribution in [1.29, 1.82) is 0 Å². The summed E-state index contributed by atoms with van der Waals surface area (Å²) in [6.07, 6.45) is 8.67. The fourth-order valence-electron chi connectivity index (χ4n) is 3.83. The Morgan fingerprint density at radius 1 is 1.12 bits per heavy atom. The zero-order valence-electron chi connectivity index (χ0n) is 12.0. The third-order valence-corrected chi connectivity index (χ3v) is 5.02. The van der Waals surface area contributed by atoms with Gasteiger partial charge in [0.05, 0.1) is 0 Å². The number of piperidine rings is 1. The maximum absolute atomic E-state index is 3.37. The number of hydrogen-bond donors (Lipinski definition) is 1. The Kier molecular flexibility index (Phi) is 4.48. The molecule has 0 aromatic heterocycles. The number of nitrogens with zero attached hydrogens (tertiary/aromatic N) is 1. The molecule has 1 heterocycles. The van der Waals surface area contributed by atoms with E-state index in [0.29, 0.717) is 5.41 Å². The van der Waals surface area contributed by atoms with E-state index < -0.39 is 0 Å². The van der Waals surface area contributed by atoms with E-state index >= 15 is 0 Å². The number of nitrogens with one attached hydrogen (secondary N) is 1. The van der Waals surface area contributed by atoms with Gasteiger partial charge in [-0.25, -0.2) is 0 Å². The van der Waals surface area contributed by atoms with Gasteiger partial charge in [0.2, 0.25) is 0 Å². The first-order chi connectivity index (χ1) is 8.13. The monoisotopic (exact) mass is 238 g/mol. The van der Waals surface area contributed by atoms with Crippen LogP contribution in [-0.4, -0.2) is 37.6 Å². The molecule has 2 rings (SSSR count). The van der Waals surface area contributed by atoms with Gasteiger partial charge < -0.3 is 5.32 Å². The normalized spacial score (nSPS) is 31.6. The molecule has 0 bridgehead atoms. The predicted octanol–water partition coefficient (Wildman–Crippen LogP) is 2.89. The van der Waals surface area contributed by atoms with E-state index in [1.165, 1.54) is 58.2 Å². The van der Waals surface area contributed by atoms with Gasteiger partial charge in [-0.05, 0) is 50.7 Å². The van der Waals surface area contributed by atoms with E-state index in [-0.39, 0.29) is 0 Å². The van der Waals surface area contributed by atoms with Crippen LogP contribution in [0.3, 0.4) is 0 Å². The topological polar surface area (TPSA) is 15.3 Å². The maximum Gasteiger partial charge on any atom is 0.00954 e. The number of hydrogen-bond acceptors (Lipinski definition) is 2. The molecule has 0 aromatic rings. The van der Waals surface area contributed by atoms with Crippen molar-refractivity contribution >= 4 is 0 Å². The van der Waals surface area contributed by atoms with Gasteiger partial charge in [-0.3, -0.25) is 4.90 Å². The quantitative estimate of drug-likeness (QED) is 0.813. The highest BCUT2D eigenvalue weighted by molar-refractivity contribution is 4.91. The first-order valence-corrected chi connectivity index (χ1v) is 7.52. The highest BCUT2D eigenvalue weighted by Crippen LogP contribution is 2.37. The van der Waals surface area contributed by atoms with Crippen LogP contribution in [0.25, 0.3) is 0 Å². The first-order valence-electron chi connectivity index (χ1n) is 7.52. The molecule has 1 aliphatic heterocycles. The van der Waals surface area contributed by atoms with Crippen molar-refractivity contribution in [2.75, 3.05) is 26.7 Å². The van der Waals surface area contributed by atoms with Crippen LogP contribution in [0.5, 0.6) is 0 Å². The Morgan fingerprint density at radius 3 is 2.41 bits per heavy atom. The van der Waals surface area contributed by atoms with Crippen LogP contribution in [0.1, 0.15) is 52.4 Å². The third-order valence-electron chi connectivity index (χ3n) is 5.02. The van der Waals surface area contributed by atoms with Crippen molar-refractivity contribution in [2.24, 2.45) is 11.3 Å². The van der Waals surface area contributed by atoms with Crippen LogP contribution >= 0.6 is 0 Å². The number of likely N-dealkylation sites (tertiary alicyclic amines) is 1. The molecular weight excluding hydrogens is 208 g/mol. The summed E-state index contributed by atoms with van der Waals surface area (Å²) in [6.45, 7) is 8.75. The summed E-state index contributed by atoms with van der Waals surface area (Å²) in [5, 5.41) is 3.37. The van der Waals surface area contributed by atoms with Gasteiger partial charge >= 0.3 is 0 Å². The molecule has 1 aliphatic carbocycles. The molecule has 2 fully saturated rings. The van der Waals surface area contributed by atoms with E-state index in [2.05, 4.69) is 31.1 Å². The zero-order valence-corrected chi connectivity index (χ0v) is 12.0. The smallest absolute Gasteiger partial charge is 0.00954 e. The first kappa shape index (κ1) is 13.4. The van der Waals surface area contributed by atoms with Crippen LogP contribution in [0.15, 0.2) is 0 Å². The average molecular weight is 238 g/mol. The summed E-state index contributed by atoms with van der Waals surface area (Å²) in [4.78, 5) is 2.80. The summed E-state index contributed by atoms with van der Waals surface area (Å²) in [5.74, 6) is 0.854. The molecule has 1 atom stereocenters. The molecule has 0 radical (unpaired) electrons. The molecule has 0 aromatic carbocycles. The standard InChI is InChI=1S/C15H30N2/c1-15(2)12-17(10-9-13(15)11-16-3)14-7-5-4-6-8-14/h13-14,16H,4-12H2,1-3H3. The molecule has 2 nitrogen and oxygen atoms in total. The minimum Gasteiger partial charge on any atom is -0.319 e. The second-order valence-corrected chi connectivity index (χ2v) is 6.79. The summed E-state index contributed by atoms with van der Waals surface area (Å²) < 4.78 is 0. The molecule has 2 aliphatic rings. The molecule has 1 N–H and O–H groups in total. The van der Waals surface area contributed by atoms with Gasteiger partial charge in [0.15, 0.2) is 0 Å². The lowest BCUT2D eigenvalue weighted by Crippen LogP contribution is -2.52. The Labute approximate surface area is 107 Å². The van der Waals surface area contributed by atoms with Gasteiger partial charge in [0.25, 0.3) is 0 Å². The van der Waals surface area contributed by atoms with Gasteiger partial charge in [-0.15, -0.1) is 0 Å². The highest BCUT2D eigenvalue weighted by Gasteiger charge is 2.37. The predicted molar refractivity (Wildman–Crippen MR) is 74.3 cm³/mol. The van der Waals surface area contributed by atoms with Crippen molar-refractivity contribution in [1.82, 2.24) is 10.2 Å². The largest absolute Gasteiger partial charge is 0.319 e. The summed E-state index contributed by atoms with van der Waals surface area (Å²) in [6, 6.07) is 0.901. The fraction of sp³-hybridized carbons (Fsp3) is 1.00. The minimum atomic E-state index is 0.485. The lowest BCUT2D eigenvalue weighted by atomic mass is 9.73. The average Bonchev–Trinajstić information content (AvgIpc) is 2.33. The molecule has 2 heteroatoms. The van der Waals surface area contributed by atoms with Crippen LogP contribution in [-0.2, 0) is 0 Å². The van der Waals surface area contributed by atoms with Gasteiger partial charge in [-0.2, -0.15) is 0 Å². The highest BCUT2D eigenvalue weighted by atomic mass is 15.2. The van der Waals surface area contributed by atoms with Crippen LogP contribution in [0.2, 0.25) is 0 Å². The Balaban J connectivity index is 1.91. The summed E-state index contributed by atoms with van der Waals surface area (Å²) >= 11 is 0. The van der Waals surface area contributed by atoms with Crippen molar-refractivity contribution < 1.29 is 0 Å². The van der Waals surface area contributed by atoms with E-state index in [1.54, 1.807) is 0 Å². The minimum absolute atomic E-state index is 0.485. The molecular formula is C15H30N2. The van der Waals surface area contributed by atoms with Crippen molar-refractivity contribution in [3.8, 4) is 0 Å². The second-order valence-electron chi connectivity index (χ2n) is 6.79.